The number of nitrogens with zero attached hydrogens (tertiary/aromatic N) is 1. The molecule has 0 saturated heterocycles. The summed E-state index contributed by atoms with van der Waals surface area (Å²) in [5.74, 6) is -0.927. The Morgan fingerprint density at radius 1 is 1.47 bits per heavy atom. The molecule has 2 N–H and O–H groups in total. The molecule has 17 heavy (non-hydrogen) atoms. The van der Waals surface area contributed by atoms with Gasteiger partial charge in [0.1, 0.15) is 10.9 Å². The van der Waals surface area contributed by atoms with Crippen molar-refractivity contribution < 1.29 is 13.6 Å². The summed E-state index contributed by atoms with van der Waals surface area (Å²) >= 11 is 5.90. The highest BCUT2D eigenvalue weighted by Gasteiger charge is 2.35. The van der Waals surface area contributed by atoms with E-state index in [1.54, 1.807) is 26.0 Å². The Bertz CT molecular complexity index is 406. The van der Waals surface area contributed by atoms with Crippen molar-refractivity contribution in [1.29, 1.82) is 0 Å². The molecule has 0 unspecified atom stereocenters. The first-order valence-electron chi connectivity index (χ1n) is 5.30. The third kappa shape index (κ3) is 3.50. The normalized spacial score (nSPS) is 13.6. The fourth-order valence-corrected chi connectivity index (χ4v) is 3.32. The number of hydrogen-bond acceptors (Lipinski definition) is 5. The van der Waals surface area contributed by atoms with Crippen LogP contribution in [0.4, 0.5) is 0 Å². The van der Waals surface area contributed by atoms with Crippen LogP contribution in [0.15, 0.2) is 18.3 Å². The molecule has 0 radical (unpaired) electrons. The molecule has 1 aromatic rings. The number of pyridine rings is 1. The first-order valence-corrected chi connectivity index (χ1v) is 7.29. The second kappa shape index (κ2) is 6.47. The Labute approximate surface area is 106 Å². The first kappa shape index (κ1) is 14.6. The minimum Gasteiger partial charge on any atom is -0.314 e. The largest absolute Gasteiger partial charge is 0.351 e. The van der Waals surface area contributed by atoms with Crippen molar-refractivity contribution >= 4 is 19.2 Å². The van der Waals surface area contributed by atoms with Crippen LogP contribution in [0.3, 0.4) is 0 Å². The molecule has 7 heteroatoms. The molecule has 1 aromatic heterocycles. The molecule has 1 rings (SSSR count). The van der Waals surface area contributed by atoms with Crippen LogP contribution in [-0.2, 0) is 13.6 Å². The third-order valence-electron chi connectivity index (χ3n) is 2.07. The lowest BCUT2D eigenvalue weighted by atomic mass is 10.3. The molecule has 0 aliphatic carbocycles. The molecule has 0 amide bonds. The maximum Gasteiger partial charge on any atom is 0.351 e. The van der Waals surface area contributed by atoms with Crippen molar-refractivity contribution in [1.82, 2.24) is 4.98 Å². The van der Waals surface area contributed by atoms with Crippen LogP contribution < -0.4 is 5.73 Å². The highest BCUT2D eigenvalue weighted by Crippen LogP contribution is 2.58. The van der Waals surface area contributed by atoms with Gasteiger partial charge in [-0.3, -0.25) is 4.57 Å². The summed E-state index contributed by atoms with van der Waals surface area (Å²) in [4.78, 5) is 3.89. The van der Waals surface area contributed by atoms with E-state index >= 15 is 0 Å². The van der Waals surface area contributed by atoms with Crippen LogP contribution in [-0.4, -0.2) is 18.2 Å². The summed E-state index contributed by atoms with van der Waals surface area (Å²) in [6.45, 7) is 3.96. The lowest BCUT2D eigenvalue weighted by molar-refractivity contribution is 0.212. The zero-order valence-electron chi connectivity index (χ0n) is 9.80. The molecule has 0 saturated carbocycles. The van der Waals surface area contributed by atoms with E-state index in [1.807, 2.05) is 0 Å². The van der Waals surface area contributed by atoms with Gasteiger partial charge < -0.3 is 14.8 Å². The Morgan fingerprint density at radius 2 is 2.06 bits per heavy atom. The van der Waals surface area contributed by atoms with E-state index in [2.05, 4.69) is 4.98 Å². The van der Waals surface area contributed by atoms with Crippen LogP contribution in [0.5, 0.6) is 0 Å². The average molecular weight is 279 g/mol. The first-order chi connectivity index (χ1) is 8.05. The molecule has 0 aliphatic heterocycles. The molecule has 5 nitrogen and oxygen atoms in total. The Kier molecular flexibility index (Phi) is 5.56. The molecule has 0 spiro atoms. The summed E-state index contributed by atoms with van der Waals surface area (Å²) in [5.41, 5.74) is 6.37. The maximum absolute atomic E-state index is 12.4. The van der Waals surface area contributed by atoms with Gasteiger partial charge in [-0.25, -0.2) is 4.98 Å². The molecule has 1 atom stereocenters. The SMILES string of the molecule is CCOP(=O)(OCC)[C@H](N)c1cccnc1Cl. The Balaban J connectivity index is 3.04. The standard InChI is InChI=1S/C10H16ClN2O3P/c1-3-15-17(14,16-4-2)10(12)8-6-5-7-13-9(8)11/h5-7,10H,3-4,12H2,1-2H3/t10-/m0/s1. The van der Waals surface area contributed by atoms with E-state index in [9.17, 15) is 4.57 Å². The monoisotopic (exact) mass is 278 g/mol. The predicted octanol–water partition coefficient (Wildman–Crippen LogP) is 2.96. The van der Waals surface area contributed by atoms with Gasteiger partial charge in [0, 0.05) is 11.8 Å². The van der Waals surface area contributed by atoms with Crippen molar-refractivity contribution in [2.75, 3.05) is 13.2 Å². The van der Waals surface area contributed by atoms with Gasteiger partial charge in [0.25, 0.3) is 0 Å². The quantitative estimate of drug-likeness (QED) is 0.639. The predicted molar refractivity (Wildman–Crippen MR) is 67.0 cm³/mol. The summed E-state index contributed by atoms with van der Waals surface area (Å²) in [6.07, 6.45) is 1.53. The van der Waals surface area contributed by atoms with Crippen LogP contribution in [0.2, 0.25) is 5.15 Å². The van der Waals surface area contributed by atoms with E-state index in [-0.39, 0.29) is 18.4 Å². The molecular formula is C10H16ClN2O3P. The summed E-state index contributed by atoms with van der Waals surface area (Å²) in [7, 11) is -3.41. The lowest BCUT2D eigenvalue weighted by Crippen LogP contribution is -2.15. The van der Waals surface area contributed by atoms with Crippen molar-refractivity contribution in [3.8, 4) is 0 Å². The summed E-state index contributed by atoms with van der Waals surface area (Å²) in [6, 6.07) is 3.33. The Hall–Kier alpha value is -0.450. The lowest BCUT2D eigenvalue weighted by Gasteiger charge is -2.23. The van der Waals surface area contributed by atoms with Gasteiger partial charge in [-0.15, -0.1) is 0 Å². The summed E-state index contributed by atoms with van der Waals surface area (Å²) < 4.78 is 22.7. The van der Waals surface area contributed by atoms with E-state index in [1.165, 1.54) is 6.20 Å². The second-order valence-corrected chi connectivity index (χ2v) is 5.71. The van der Waals surface area contributed by atoms with Crippen LogP contribution in [0, 0.1) is 0 Å². The van der Waals surface area contributed by atoms with Gasteiger partial charge in [-0.05, 0) is 19.9 Å². The highest BCUT2D eigenvalue weighted by atomic mass is 35.5. The molecule has 0 bridgehead atoms. The van der Waals surface area contributed by atoms with Crippen LogP contribution in [0.1, 0.15) is 25.2 Å². The number of halogens is 1. The maximum atomic E-state index is 12.4. The van der Waals surface area contributed by atoms with Gasteiger partial charge in [0.15, 0.2) is 0 Å². The summed E-state index contributed by atoms with van der Waals surface area (Å²) in [5, 5.41) is 0.208. The third-order valence-corrected chi connectivity index (χ3v) is 4.58. The van der Waals surface area contributed by atoms with Gasteiger partial charge >= 0.3 is 7.60 Å². The fraction of sp³-hybridized carbons (Fsp3) is 0.500. The molecule has 96 valence electrons. The van der Waals surface area contributed by atoms with Crippen LogP contribution >= 0.6 is 19.2 Å². The highest BCUT2D eigenvalue weighted by molar-refractivity contribution is 7.54. The van der Waals surface area contributed by atoms with Crippen molar-refractivity contribution in [2.24, 2.45) is 5.73 Å². The van der Waals surface area contributed by atoms with Gasteiger partial charge in [0.05, 0.1) is 13.2 Å². The topological polar surface area (TPSA) is 74.4 Å². The Morgan fingerprint density at radius 3 is 2.53 bits per heavy atom. The number of aromatic nitrogens is 1. The van der Waals surface area contributed by atoms with Gasteiger partial charge in [-0.1, -0.05) is 17.7 Å². The minimum atomic E-state index is -3.41. The number of rotatable bonds is 6. The second-order valence-electron chi connectivity index (χ2n) is 3.20. The van der Waals surface area contributed by atoms with E-state index < -0.39 is 13.4 Å². The van der Waals surface area contributed by atoms with Crippen molar-refractivity contribution in [3.05, 3.63) is 29.0 Å². The van der Waals surface area contributed by atoms with E-state index in [0.29, 0.717) is 5.56 Å². The molecule has 1 heterocycles. The molecule has 0 fully saturated rings. The van der Waals surface area contributed by atoms with E-state index in [0.717, 1.165) is 0 Å². The molecular weight excluding hydrogens is 263 g/mol. The van der Waals surface area contributed by atoms with Gasteiger partial charge in [0.2, 0.25) is 0 Å². The average Bonchev–Trinajstić information content (AvgIpc) is 2.29. The smallest absolute Gasteiger partial charge is 0.314 e. The van der Waals surface area contributed by atoms with Gasteiger partial charge in [-0.2, -0.15) is 0 Å². The number of hydrogen-bond donors (Lipinski definition) is 1. The fourth-order valence-electron chi connectivity index (χ4n) is 1.35. The zero-order valence-corrected chi connectivity index (χ0v) is 11.4. The molecule has 0 aromatic carbocycles. The molecule has 0 aliphatic rings. The van der Waals surface area contributed by atoms with Crippen molar-refractivity contribution in [2.45, 2.75) is 19.6 Å². The zero-order chi connectivity index (χ0) is 12.9. The van der Waals surface area contributed by atoms with Crippen LogP contribution in [0.25, 0.3) is 0 Å². The van der Waals surface area contributed by atoms with Crippen molar-refractivity contribution in [3.63, 3.8) is 0 Å². The van der Waals surface area contributed by atoms with E-state index in [4.69, 9.17) is 26.4 Å². The minimum absolute atomic E-state index is 0.208. The number of nitrogens with two attached hydrogens (primary N) is 1.